The number of rotatable bonds is 7. The number of likely N-dealkylation sites (N-methyl/N-ethyl adjacent to an activating group) is 1. The van der Waals surface area contributed by atoms with Gasteiger partial charge >= 0.3 is 5.97 Å². The van der Waals surface area contributed by atoms with E-state index in [4.69, 9.17) is 20.8 Å². The molecule has 1 saturated carbocycles. The molecule has 2 heterocycles. The molecule has 0 unspecified atom stereocenters. The number of fused-ring (bicyclic) bond motifs is 1. The van der Waals surface area contributed by atoms with Crippen molar-refractivity contribution in [1.29, 1.82) is 0 Å². The smallest absolute Gasteiger partial charge is 0.320 e. The summed E-state index contributed by atoms with van der Waals surface area (Å²) in [5.74, 6) is -0.856. The van der Waals surface area contributed by atoms with Crippen molar-refractivity contribution in [1.82, 2.24) is 9.88 Å². The molecule has 2 amide bonds. The van der Waals surface area contributed by atoms with Crippen LogP contribution in [0, 0.1) is 5.92 Å². The lowest BCUT2D eigenvalue weighted by atomic mass is 9.85. The summed E-state index contributed by atoms with van der Waals surface area (Å²) < 4.78 is 11.3. The van der Waals surface area contributed by atoms with Crippen LogP contribution in [0.1, 0.15) is 57.0 Å². The van der Waals surface area contributed by atoms with Gasteiger partial charge < -0.3 is 19.8 Å². The molecule has 0 bridgehead atoms. The van der Waals surface area contributed by atoms with Crippen molar-refractivity contribution in [2.24, 2.45) is 5.92 Å². The lowest BCUT2D eigenvalue weighted by molar-refractivity contribution is -0.156. The van der Waals surface area contributed by atoms with E-state index in [1.165, 1.54) is 6.20 Å². The number of hydrogen-bond acceptors (Lipinski definition) is 7. The fourth-order valence-corrected chi connectivity index (χ4v) is 4.77. The number of carbonyl (C=O) groups excluding carboxylic acids is 3. The number of carbonyl (C=O) groups is 3. The van der Waals surface area contributed by atoms with Gasteiger partial charge in [0.15, 0.2) is 0 Å². The maximum absolute atomic E-state index is 13.3. The maximum Gasteiger partial charge on any atom is 0.320 e. The molecular formula is C28H33ClN4O5. The van der Waals surface area contributed by atoms with E-state index in [0.717, 1.165) is 12.8 Å². The van der Waals surface area contributed by atoms with Crippen LogP contribution in [0.25, 0.3) is 11.0 Å². The highest BCUT2D eigenvalue weighted by Crippen LogP contribution is 2.34. The molecule has 9 nitrogen and oxygen atoms in total. The molecule has 202 valence electrons. The van der Waals surface area contributed by atoms with Gasteiger partial charge in [-0.25, -0.2) is 4.98 Å². The molecule has 10 heteroatoms. The number of hydrogen-bond donors (Lipinski definition) is 2. The Morgan fingerprint density at radius 3 is 2.45 bits per heavy atom. The van der Waals surface area contributed by atoms with E-state index < -0.39 is 11.5 Å². The minimum atomic E-state index is -0.529. The van der Waals surface area contributed by atoms with Gasteiger partial charge in [0.1, 0.15) is 22.7 Å². The molecule has 1 fully saturated rings. The van der Waals surface area contributed by atoms with E-state index in [9.17, 15) is 14.4 Å². The summed E-state index contributed by atoms with van der Waals surface area (Å²) in [5, 5.41) is 6.74. The lowest BCUT2D eigenvalue weighted by Gasteiger charge is -2.34. The summed E-state index contributed by atoms with van der Waals surface area (Å²) in [4.78, 5) is 44.7. The zero-order chi connectivity index (χ0) is 27.4. The van der Waals surface area contributed by atoms with E-state index in [2.05, 4.69) is 15.6 Å². The minimum absolute atomic E-state index is 0.00193. The molecule has 1 aliphatic rings. The van der Waals surface area contributed by atoms with Crippen LogP contribution < -0.4 is 10.6 Å². The third-order valence-corrected chi connectivity index (χ3v) is 6.73. The summed E-state index contributed by atoms with van der Waals surface area (Å²) in [6, 6.07) is 10.6. The van der Waals surface area contributed by atoms with Crippen LogP contribution in [0.5, 0.6) is 0 Å². The van der Waals surface area contributed by atoms with Crippen molar-refractivity contribution in [3.05, 3.63) is 53.4 Å². The van der Waals surface area contributed by atoms with Crippen LogP contribution in [-0.4, -0.2) is 52.9 Å². The number of halogens is 1. The zero-order valence-corrected chi connectivity index (χ0v) is 22.8. The second kappa shape index (κ2) is 11.5. The summed E-state index contributed by atoms with van der Waals surface area (Å²) in [6.07, 6.45) is 4.32. The van der Waals surface area contributed by atoms with E-state index in [0.29, 0.717) is 40.3 Å². The average molecular weight is 541 g/mol. The molecule has 1 aliphatic carbocycles. The fraction of sp³-hybridized carbons (Fsp3) is 0.429. The number of benzene rings is 1. The van der Waals surface area contributed by atoms with E-state index >= 15 is 0 Å². The average Bonchev–Trinajstić information content (AvgIpc) is 3.23. The monoisotopic (exact) mass is 540 g/mol. The van der Waals surface area contributed by atoms with Crippen molar-refractivity contribution in [3.63, 3.8) is 0 Å². The zero-order valence-electron chi connectivity index (χ0n) is 22.0. The SMILES string of the molecule is CN(CC(=O)OC(C)(C)C)C1CCC(C(=O)Nc2c(C(=O)Nc3ccc(Cl)cn3)oc3ccccc23)CC1. The van der Waals surface area contributed by atoms with Gasteiger partial charge in [0.2, 0.25) is 11.7 Å². The summed E-state index contributed by atoms with van der Waals surface area (Å²) >= 11 is 5.88. The first-order valence-corrected chi connectivity index (χ1v) is 13.1. The number of para-hydroxylation sites is 1. The van der Waals surface area contributed by atoms with Gasteiger partial charge in [0, 0.05) is 23.5 Å². The third kappa shape index (κ3) is 6.90. The molecule has 2 aromatic heterocycles. The molecule has 4 rings (SSSR count). The van der Waals surface area contributed by atoms with Crippen molar-refractivity contribution in [2.75, 3.05) is 24.2 Å². The lowest BCUT2D eigenvalue weighted by Crippen LogP contribution is -2.41. The Morgan fingerprint density at radius 2 is 1.79 bits per heavy atom. The van der Waals surface area contributed by atoms with Gasteiger partial charge in [-0.2, -0.15) is 0 Å². The van der Waals surface area contributed by atoms with E-state index in [-0.39, 0.29) is 36.1 Å². The number of nitrogens with zero attached hydrogens (tertiary/aromatic N) is 2. The predicted octanol–water partition coefficient (Wildman–Crippen LogP) is 5.50. The Labute approximate surface area is 226 Å². The van der Waals surface area contributed by atoms with Gasteiger partial charge in [0.25, 0.3) is 5.91 Å². The normalized spacial score (nSPS) is 17.8. The highest BCUT2D eigenvalue weighted by molar-refractivity contribution is 6.30. The van der Waals surface area contributed by atoms with Crippen molar-refractivity contribution in [3.8, 4) is 0 Å². The highest BCUT2D eigenvalue weighted by atomic mass is 35.5. The first kappa shape index (κ1) is 27.6. The second-order valence-corrected chi connectivity index (χ2v) is 11.1. The Morgan fingerprint density at radius 1 is 1.08 bits per heavy atom. The maximum atomic E-state index is 13.3. The van der Waals surface area contributed by atoms with Crippen molar-refractivity contribution >= 4 is 51.9 Å². The van der Waals surface area contributed by atoms with Gasteiger partial charge in [-0.1, -0.05) is 23.7 Å². The molecule has 3 aromatic rings. The quantitative estimate of drug-likeness (QED) is 0.380. The molecule has 2 N–H and O–H groups in total. The Bertz CT molecular complexity index is 1310. The molecule has 0 atom stereocenters. The summed E-state index contributed by atoms with van der Waals surface area (Å²) in [5.41, 5.74) is 0.303. The Kier molecular flexibility index (Phi) is 8.38. The molecule has 0 aliphatic heterocycles. The van der Waals surface area contributed by atoms with E-state index in [1.807, 2.05) is 38.8 Å². The molecule has 0 saturated heterocycles. The number of ether oxygens (including phenoxy) is 1. The van der Waals surface area contributed by atoms with Crippen LogP contribution in [0.15, 0.2) is 47.0 Å². The molecule has 1 aromatic carbocycles. The Hall–Kier alpha value is -3.43. The van der Waals surface area contributed by atoms with Crippen LogP contribution in [0.2, 0.25) is 5.02 Å². The van der Waals surface area contributed by atoms with Crippen LogP contribution in [0.3, 0.4) is 0 Å². The van der Waals surface area contributed by atoms with Crippen LogP contribution >= 0.6 is 11.6 Å². The predicted molar refractivity (Wildman–Crippen MR) is 146 cm³/mol. The van der Waals surface area contributed by atoms with Crippen molar-refractivity contribution < 1.29 is 23.5 Å². The fourth-order valence-electron chi connectivity index (χ4n) is 4.66. The van der Waals surface area contributed by atoms with Gasteiger partial charge in [0.05, 0.1) is 11.6 Å². The molecule has 0 spiro atoms. The van der Waals surface area contributed by atoms with Gasteiger partial charge in [-0.05, 0) is 77.8 Å². The largest absolute Gasteiger partial charge is 0.459 e. The van der Waals surface area contributed by atoms with Crippen LogP contribution in [-0.2, 0) is 14.3 Å². The second-order valence-electron chi connectivity index (χ2n) is 10.6. The molecular weight excluding hydrogens is 508 g/mol. The number of furan rings is 1. The molecule has 38 heavy (non-hydrogen) atoms. The standard InChI is InChI=1S/C28H33ClN4O5/c1-28(2,3)38-23(34)16-33(4)19-12-9-17(10-13-19)26(35)32-24-20-7-5-6-8-21(20)37-25(24)27(36)31-22-14-11-18(29)15-30-22/h5-8,11,14-15,17,19H,9-10,12-13,16H2,1-4H3,(H,32,35)(H,30,31,36). The topological polar surface area (TPSA) is 114 Å². The first-order valence-electron chi connectivity index (χ1n) is 12.7. The number of aromatic nitrogens is 1. The number of amides is 2. The number of esters is 1. The van der Waals surface area contributed by atoms with Gasteiger partial charge in [-0.15, -0.1) is 0 Å². The summed E-state index contributed by atoms with van der Waals surface area (Å²) in [6.45, 7) is 5.76. The number of nitrogens with one attached hydrogen (secondary N) is 2. The highest BCUT2D eigenvalue weighted by Gasteiger charge is 2.31. The number of anilines is 2. The summed E-state index contributed by atoms with van der Waals surface area (Å²) in [7, 11) is 1.91. The van der Waals surface area contributed by atoms with E-state index in [1.54, 1.807) is 30.3 Å². The Balaban J connectivity index is 1.41. The first-order chi connectivity index (χ1) is 18.0. The molecule has 0 radical (unpaired) electrons. The number of pyridine rings is 1. The van der Waals surface area contributed by atoms with Crippen molar-refractivity contribution in [2.45, 2.75) is 58.1 Å². The van der Waals surface area contributed by atoms with Crippen LogP contribution in [0.4, 0.5) is 11.5 Å². The van der Waals surface area contributed by atoms with Gasteiger partial charge in [-0.3, -0.25) is 19.3 Å². The third-order valence-electron chi connectivity index (χ3n) is 6.51. The minimum Gasteiger partial charge on any atom is -0.459 e.